The lowest BCUT2D eigenvalue weighted by Crippen LogP contribution is -2.40. The third-order valence-corrected chi connectivity index (χ3v) is 6.89. The van der Waals surface area contributed by atoms with Gasteiger partial charge in [0, 0.05) is 34.8 Å². The number of likely N-dealkylation sites (tertiary alicyclic amines) is 1. The molecule has 1 aromatic carbocycles. The average Bonchev–Trinajstić information content (AvgIpc) is 3.10. The SMILES string of the molecule is CC1CCc2c(C(=O)N3CCC(C(=O)c4ccccc4)CC3)csc2C1. The number of thiophene rings is 1. The highest BCUT2D eigenvalue weighted by molar-refractivity contribution is 7.10. The fourth-order valence-electron chi connectivity index (χ4n) is 4.21. The number of benzene rings is 1. The van der Waals surface area contributed by atoms with Crippen LogP contribution >= 0.6 is 11.3 Å². The number of nitrogens with zero attached hydrogens (tertiary/aromatic N) is 1. The van der Waals surface area contributed by atoms with Crippen molar-refractivity contribution in [2.45, 2.75) is 39.0 Å². The summed E-state index contributed by atoms with van der Waals surface area (Å²) in [5.41, 5.74) is 3.00. The highest BCUT2D eigenvalue weighted by atomic mass is 32.1. The maximum Gasteiger partial charge on any atom is 0.254 e. The number of rotatable bonds is 3. The van der Waals surface area contributed by atoms with Gasteiger partial charge in [-0.25, -0.2) is 0 Å². The van der Waals surface area contributed by atoms with Gasteiger partial charge in [-0.3, -0.25) is 9.59 Å². The summed E-state index contributed by atoms with van der Waals surface area (Å²) < 4.78 is 0. The molecule has 2 heterocycles. The molecular weight excluding hydrogens is 342 g/mol. The summed E-state index contributed by atoms with van der Waals surface area (Å²) in [5.74, 6) is 1.16. The highest BCUT2D eigenvalue weighted by Gasteiger charge is 2.31. The quantitative estimate of drug-likeness (QED) is 0.743. The Labute approximate surface area is 159 Å². The van der Waals surface area contributed by atoms with Gasteiger partial charge in [-0.2, -0.15) is 0 Å². The molecule has 1 aliphatic heterocycles. The van der Waals surface area contributed by atoms with E-state index >= 15 is 0 Å². The van der Waals surface area contributed by atoms with Crippen molar-refractivity contribution >= 4 is 23.0 Å². The first-order valence-electron chi connectivity index (χ1n) is 9.61. The van der Waals surface area contributed by atoms with E-state index in [4.69, 9.17) is 0 Å². The smallest absolute Gasteiger partial charge is 0.254 e. The number of ketones is 1. The van der Waals surface area contributed by atoms with Gasteiger partial charge >= 0.3 is 0 Å². The Morgan fingerprint density at radius 2 is 1.81 bits per heavy atom. The number of hydrogen-bond donors (Lipinski definition) is 0. The van der Waals surface area contributed by atoms with Gasteiger partial charge in [0.1, 0.15) is 0 Å². The molecule has 26 heavy (non-hydrogen) atoms. The normalized spacial score (nSPS) is 20.7. The van der Waals surface area contributed by atoms with Crippen LogP contribution in [0.25, 0.3) is 0 Å². The second-order valence-corrected chi connectivity index (χ2v) is 8.66. The number of carbonyl (C=O) groups excluding carboxylic acids is 2. The lowest BCUT2D eigenvalue weighted by Gasteiger charge is -2.31. The van der Waals surface area contributed by atoms with E-state index in [0.717, 1.165) is 42.7 Å². The first kappa shape index (κ1) is 17.5. The Bertz CT molecular complexity index is 803. The standard InChI is InChI=1S/C22H25NO2S/c1-15-7-8-18-19(14-26-20(18)13-15)22(25)23-11-9-17(10-12-23)21(24)16-5-3-2-4-6-16/h2-6,14-15,17H,7-13H2,1H3. The van der Waals surface area contributed by atoms with E-state index in [0.29, 0.717) is 13.1 Å². The van der Waals surface area contributed by atoms with E-state index in [1.807, 2.05) is 35.2 Å². The Morgan fingerprint density at radius 3 is 2.54 bits per heavy atom. The van der Waals surface area contributed by atoms with Crippen molar-refractivity contribution in [3.63, 3.8) is 0 Å². The van der Waals surface area contributed by atoms with E-state index in [1.165, 1.54) is 16.9 Å². The second-order valence-electron chi connectivity index (χ2n) is 7.70. The van der Waals surface area contributed by atoms with Crippen molar-refractivity contribution in [1.29, 1.82) is 0 Å². The summed E-state index contributed by atoms with van der Waals surface area (Å²) in [6.07, 6.45) is 4.86. The van der Waals surface area contributed by atoms with Crippen LogP contribution in [0.15, 0.2) is 35.7 Å². The van der Waals surface area contributed by atoms with Crippen molar-refractivity contribution in [1.82, 2.24) is 4.90 Å². The van der Waals surface area contributed by atoms with E-state index in [2.05, 4.69) is 12.3 Å². The molecule has 1 unspecified atom stereocenters. The minimum absolute atomic E-state index is 0.0405. The van der Waals surface area contributed by atoms with Crippen LogP contribution in [0, 0.1) is 11.8 Å². The molecule has 4 heteroatoms. The molecule has 4 rings (SSSR count). The first-order valence-corrected chi connectivity index (χ1v) is 10.5. The van der Waals surface area contributed by atoms with E-state index in [1.54, 1.807) is 11.3 Å². The molecule has 1 saturated heterocycles. The second kappa shape index (κ2) is 7.36. The van der Waals surface area contributed by atoms with Crippen molar-refractivity contribution in [2.75, 3.05) is 13.1 Å². The maximum absolute atomic E-state index is 13.0. The fraction of sp³-hybridized carbons (Fsp3) is 0.455. The molecule has 2 aromatic rings. The maximum atomic E-state index is 13.0. The van der Waals surface area contributed by atoms with Crippen LogP contribution < -0.4 is 0 Å². The fourth-order valence-corrected chi connectivity index (χ4v) is 5.45. The van der Waals surface area contributed by atoms with Crippen molar-refractivity contribution in [2.24, 2.45) is 11.8 Å². The van der Waals surface area contributed by atoms with Crippen LogP contribution in [-0.4, -0.2) is 29.7 Å². The minimum atomic E-state index is 0.0405. The summed E-state index contributed by atoms with van der Waals surface area (Å²) in [5, 5.41) is 2.06. The lowest BCUT2D eigenvalue weighted by atomic mass is 9.87. The number of Topliss-reactive ketones (excluding diaryl/α,β-unsaturated/α-hetero) is 1. The molecular formula is C22H25NO2S. The van der Waals surface area contributed by atoms with Gasteiger partial charge < -0.3 is 4.90 Å². The van der Waals surface area contributed by atoms with Gasteiger partial charge in [-0.1, -0.05) is 37.3 Å². The van der Waals surface area contributed by atoms with Crippen LogP contribution in [0.1, 0.15) is 57.3 Å². The number of amides is 1. The van der Waals surface area contributed by atoms with Crippen LogP contribution in [-0.2, 0) is 12.8 Å². The van der Waals surface area contributed by atoms with Gasteiger partial charge in [-0.15, -0.1) is 11.3 Å². The molecule has 3 nitrogen and oxygen atoms in total. The van der Waals surface area contributed by atoms with Gasteiger partial charge in [-0.05, 0) is 43.6 Å². The van der Waals surface area contributed by atoms with Crippen LogP contribution in [0.3, 0.4) is 0 Å². The summed E-state index contributed by atoms with van der Waals surface area (Å²) in [6.45, 7) is 3.66. The van der Waals surface area contributed by atoms with Crippen LogP contribution in [0.5, 0.6) is 0 Å². The van der Waals surface area contributed by atoms with Gasteiger partial charge in [0.2, 0.25) is 0 Å². The minimum Gasteiger partial charge on any atom is -0.339 e. The van der Waals surface area contributed by atoms with E-state index < -0.39 is 0 Å². The van der Waals surface area contributed by atoms with Crippen LogP contribution in [0.2, 0.25) is 0 Å². The topological polar surface area (TPSA) is 37.4 Å². The largest absolute Gasteiger partial charge is 0.339 e. The Balaban J connectivity index is 1.41. The summed E-state index contributed by atoms with van der Waals surface area (Å²) >= 11 is 1.75. The molecule has 1 aromatic heterocycles. The molecule has 136 valence electrons. The molecule has 0 spiro atoms. The number of carbonyl (C=O) groups is 2. The summed E-state index contributed by atoms with van der Waals surface area (Å²) in [7, 11) is 0. The molecule has 2 aliphatic rings. The molecule has 0 radical (unpaired) electrons. The third-order valence-electron chi connectivity index (χ3n) is 5.84. The Morgan fingerprint density at radius 1 is 1.08 bits per heavy atom. The Kier molecular flexibility index (Phi) is 4.94. The molecule has 1 aliphatic carbocycles. The van der Waals surface area contributed by atoms with Gasteiger partial charge in [0.25, 0.3) is 5.91 Å². The van der Waals surface area contributed by atoms with E-state index in [9.17, 15) is 9.59 Å². The average molecular weight is 368 g/mol. The van der Waals surface area contributed by atoms with Gasteiger partial charge in [0.15, 0.2) is 5.78 Å². The monoisotopic (exact) mass is 367 g/mol. The number of fused-ring (bicyclic) bond motifs is 1. The molecule has 0 N–H and O–H groups in total. The molecule has 1 fully saturated rings. The molecule has 1 atom stereocenters. The van der Waals surface area contributed by atoms with Crippen molar-refractivity contribution < 1.29 is 9.59 Å². The van der Waals surface area contributed by atoms with Gasteiger partial charge in [0.05, 0.1) is 5.56 Å². The molecule has 0 bridgehead atoms. The number of piperidine rings is 1. The predicted octanol–water partition coefficient (Wildman–Crippen LogP) is 4.61. The summed E-state index contributed by atoms with van der Waals surface area (Å²) in [4.78, 5) is 29.0. The zero-order valence-corrected chi connectivity index (χ0v) is 16.1. The number of hydrogen-bond acceptors (Lipinski definition) is 3. The predicted molar refractivity (Wildman–Crippen MR) is 105 cm³/mol. The van der Waals surface area contributed by atoms with E-state index in [-0.39, 0.29) is 17.6 Å². The van der Waals surface area contributed by atoms with Crippen molar-refractivity contribution in [3.8, 4) is 0 Å². The third kappa shape index (κ3) is 3.35. The first-order chi connectivity index (χ1) is 12.6. The molecule has 0 saturated carbocycles. The zero-order chi connectivity index (χ0) is 18.1. The summed E-state index contributed by atoms with van der Waals surface area (Å²) in [6, 6.07) is 9.52. The van der Waals surface area contributed by atoms with Crippen LogP contribution in [0.4, 0.5) is 0 Å². The highest BCUT2D eigenvalue weighted by Crippen LogP contribution is 2.34. The Hall–Kier alpha value is -1.94. The lowest BCUT2D eigenvalue weighted by molar-refractivity contribution is 0.0649. The molecule has 1 amide bonds. The zero-order valence-electron chi connectivity index (χ0n) is 15.2. The van der Waals surface area contributed by atoms with Crippen molar-refractivity contribution in [3.05, 3.63) is 57.3 Å².